The van der Waals surface area contributed by atoms with E-state index in [2.05, 4.69) is 38.4 Å². The maximum Gasteiger partial charge on any atom is 0.113 e. The molecule has 1 saturated carbocycles. The first-order valence-electron chi connectivity index (χ1n) is 7.35. The van der Waals surface area contributed by atoms with E-state index in [4.69, 9.17) is 4.98 Å². The Balaban J connectivity index is 2.33. The highest BCUT2D eigenvalue weighted by Crippen LogP contribution is 2.46. The molecule has 2 nitrogen and oxygen atoms in total. The van der Waals surface area contributed by atoms with Crippen LogP contribution in [0.3, 0.4) is 0 Å². The van der Waals surface area contributed by atoms with Gasteiger partial charge in [0.05, 0.1) is 11.2 Å². The van der Waals surface area contributed by atoms with Gasteiger partial charge < -0.3 is 5.32 Å². The van der Waals surface area contributed by atoms with Gasteiger partial charge in [0, 0.05) is 5.38 Å². The second-order valence-corrected chi connectivity index (χ2v) is 6.59. The molecule has 1 aromatic heterocycles. The lowest BCUT2D eigenvalue weighted by Gasteiger charge is -2.34. The lowest BCUT2D eigenvalue weighted by Crippen LogP contribution is -2.45. The average Bonchev–Trinajstić information content (AvgIpc) is 2.95. The molecule has 0 aromatic carbocycles. The van der Waals surface area contributed by atoms with Crippen LogP contribution in [0, 0.1) is 5.92 Å². The van der Waals surface area contributed by atoms with Gasteiger partial charge in [-0.3, -0.25) is 0 Å². The van der Waals surface area contributed by atoms with Crippen LogP contribution in [-0.4, -0.2) is 11.5 Å². The minimum Gasteiger partial charge on any atom is -0.305 e. The van der Waals surface area contributed by atoms with Crippen LogP contribution in [0.5, 0.6) is 0 Å². The number of hydrogen-bond acceptors (Lipinski definition) is 3. The van der Waals surface area contributed by atoms with E-state index in [0.717, 1.165) is 12.5 Å². The highest BCUT2D eigenvalue weighted by molar-refractivity contribution is 7.09. The van der Waals surface area contributed by atoms with Crippen molar-refractivity contribution in [1.29, 1.82) is 0 Å². The summed E-state index contributed by atoms with van der Waals surface area (Å²) in [7, 11) is 0. The van der Waals surface area contributed by atoms with E-state index in [1.54, 1.807) is 0 Å². The summed E-state index contributed by atoms with van der Waals surface area (Å²) in [5.41, 5.74) is 1.43. The summed E-state index contributed by atoms with van der Waals surface area (Å²) in [4.78, 5) is 4.94. The zero-order chi connectivity index (χ0) is 13.2. The Morgan fingerprint density at radius 2 is 2.28 bits per heavy atom. The summed E-state index contributed by atoms with van der Waals surface area (Å²) >= 11 is 1.86. The SMILES string of the molecule is CCNC1(c2nc(C(C)C)cs2)CCCC1CC. The quantitative estimate of drug-likeness (QED) is 0.860. The third-order valence-electron chi connectivity index (χ3n) is 4.30. The molecule has 2 unspecified atom stereocenters. The molecule has 2 atom stereocenters. The fraction of sp³-hybridized carbons (Fsp3) is 0.800. The van der Waals surface area contributed by atoms with Gasteiger partial charge in [-0.25, -0.2) is 4.98 Å². The van der Waals surface area contributed by atoms with Crippen molar-refractivity contribution in [2.45, 2.75) is 64.8 Å². The molecule has 0 bridgehead atoms. The summed E-state index contributed by atoms with van der Waals surface area (Å²) < 4.78 is 0. The molecule has 0 spiro atoms. The van der Waals surface area contributed by atoms with Gasteiger partial charge in [0.2, 0.25) is 0 Å². The Morgan fingerprint density at radius 3 is 2.83 bits per heavy atom. The van der Waals surface area contributed by atoms with Crippen molar-refractivity contribution in [1.82, 2.24) is 10.3 Å². The molecule has 1 aliphatic rings. The van der Waals surface area contributed by atoms with Crippen LogP contribution < -0.4 is 5.32 Å². The Labute approximate surface area is 115 Å². The number of nitrogens with zero attached hydrogens (tertiary/aromatic N) is 1. The molecule has 1 aliphatic carbocycles. The lowest BCUT2D eigenvalue weighted by molar-refractivity contribution is 0.244. The summed E-state index contributed by atoms with van der Waals surface area (Å²) in [6.07, 6.45) is 5.19. The van der Waals surface area contributed by atoms with Gasteiger partial charge in [-0.15, -0.1) is 11.3 Å². The highest BCUT2D eigenvalue weighted by atomic mass is 32.1. The van der Waals surface area contributed by atoms with E-state index in [9.17, 15) is 0 Å². The molecule has 0 radical (unpaired) electrons. The van der Waals surface area contributed by atoms with Crippen molar-refractivity contribution in [2.75, 3.05) is 6.54 Å². The number of rotatable bonds is 5. The fourth-order valence-corrected chi connectivity index (χ4v) is 4.56. The summed E-state index contributed by atoms with van der Waals surface area (Å²) in [6, 6.07) is 0. The van der Waals surface area contributed by atoms with E-state index >= 15 is 0 Å². The summed E-state index contributed by atoms with van der Waals surface area (Å²) in [5, 5.41) is 7.36. The van der Waals surface area contributed by atoms with Crippen molar-refractivity contribution in [2.24, 2.45) is 5.92 Å². The molecule has 3 heteroatoms. The van der Waals surface area contributed by atoms with Crippen LogP contribution in [0.2, 0.25) is 0 Å². The van der Waals surface area contributed by atoms with Gasteiger partial charge in [0.1, 0.15) is 5.01 Å². The highest BCUT2D eigenvalue weighted by Gasteiger charge is 2.44. The largest absolute Gasteiger partial charge is 0.305 e. The van der Waals surface area contributed by atoms with Gasteiger partial charge in [-0.2, -0.15) is 0 Å². The van der Waals surface area contributed by atoms with Crippen molar-refractivity contribution in [3.05, 3.63) is 16.1 Å². The number of nitrogens with one attached hydrogen (secondary N) is 1. The van der Waals surface area contributed by atoms with Crippen molar-refractivity contribution in [3.8, 4) is 0 Å². The molecule has 0 aliphatic heterocycles. The third kappa shape index (κ3) is 2.35. The predicted molar refractivity (Wildman–Crippen MR) is 79.2 cm³/mol. The standard InChI is InChI=1S/C15H26N2S/c1-5-12-8-7-9-15(12,16-6-2)14-17-13(10-18-14)11(3)4/h10-12,16H,5-9H2,1-4H3. The van der Waals surface area contributed by atoms with Crippen LogP contribution in [0.25, 0.3) is 0 Å². The van der Waals surface area contributed by atoms with Gasteiger partial charge in [-0.1, -0.05) is 40.5 Å². The van der Waals surface area contributed by atoms with Crippen LogP contribution in [0.4, 0.5) is 0 Å². The number of hydrogen-bond donors (Lipinski definition) is 1. The van der Waals surface area contributed by atoms with Gasteiger partial charge in [0.15, 0.2) is 0 Å². The molecule has 0 amide bonds. The van der Waals surface area contributed by atoms with Crippen molar-refractivity contribution in [3.63, 3.8) is 0 Å². The monoisotopic (exact) mass is 266 g/mol. The molecule has 18 heavy (non-hydrogen) atoms. The molecule has 1 N–H and O–H groups in total. The van der Waals surface area contributed by atoms with Crippen molar-refractivity contribution < 1.29 is 0 Å². The zero-order valence-corrected chi connectivity index (χ0v) is 12.9. The number of thiazole rings is 1. The zero-order valence-electron chi connectivity index (χ0n) is 12.1. The first-order valence-corrected chi connectivity index (χ1v) is 8.23. The molecule has 1 fully saturated rings. The molecule has 102 valence electrons. The van der Waals surface area contributed by atoms with E-state index in [0.29, 0.717) is 5.92 Å². The minimum atomic E-state index is 0.168. The smallest absolute Gasteiger partial charge is 0.113 e. The molecular formula is C15H26N2S. The van der Waals surface area contributed by atoms with E-state index in [1.807, 2.05) is 11.3 Å². The third-order valence-corrected chi connectivity index (χ3v) is 5.34. The van der Waals surface area contributed by atoms with E-state index in [-0.39, 0.29) is 5.54 Å². The van der Waals surface area contributed by atoms with E-state index in [1.165, 1.54) is 36.4 Å². The van der Waals surface area contributed by atoms with Crippen molar-refractivity contribution >= 4 is 11.3 Å². The molecule has 1 aromatic rings. The van der Waals surface area contributed by atoms with Crippen LogP contribution >= 0.6 is 11.3 Å². The Kier molecular flexibility index (Phi) is 4.44. The van der Waals surface area contributed by atoms with Crippen LogP contribution in [0.1, 0.15) is 70.0 Å². The Morgan fingerprint density at radius 1 is 1.50 bits per heavy atom. The summed E-state index contributed by atoms with van der Waals surface area (Å²) in [5.74, 6) is 1.29. The molecular weight excluding hydrogens is 240 g/mol. The second-order valence-electron chi connectivity index (χ2n) is 5.73. The maximum absolute atomic E-state index is 4.94. The number of aromatic nitrogens is 1. The minimum absolute atomic E-state index is 0.168. The fourth-order valence-electron chi connectivity index (χ4n) is 3.29. The first-order chi connectivity index (χ1) is 8.64. The Bertz CT molecular complexity index is 386. The van der Waals surface area contributed by atoms with E-state index < -0.39 is 0 Å². The molecule has 0 saturated heterocycles. The van der Waals surface area contributed by atoms with Gasteiger partial charge >= 0.3 is 0 Å². The molecule has 1 heterocycles. The molecule has 2 rings (SSSR count). The van der Waals surface area contributed by atoms with Crippen LogP contribution in [0.15, 0.2) is 5.38 Å². The Hall–Kier alpha value is -0.410. The van der Waals surface area contributed by atoms with Gasteiger partial charge in [-0.05, 0) is 31.2 Å². The van der Waals surface area contributed by atoms with Gasteiger partial charge in [0.25, 0.3) is 0 Å². The normalized spacial score (nSPS) is 28.2. The summed E-state index contributed by atoms with van der Waals surface area (Å²) in [6.45, 7) is 10.0. The average molecular weight is 266 g/mol. The lowest BCUT2D eigenvalue weighted by atomic mass is 9.85. The predicted octanol–water partition coefficient (Wildman–Crippen LogP) is 4.28. The first kappa shape index (κ1) is 14.0. The van der Waals surface area contributed by atoms with Crippen LogP contribution in [-0.2, 0) is 5.54 Å². The topological polar surface area (TPSA) is 24.9 Å². The maximum atomic E-state index is 4.94. The second kappa shape index (κ2) is 5.70.